The molecule has 0 saturated heterocycles. The SMILES string of the molecule is O=C(NCc1cccc(C(F)(F)F)c1Cl)[C@@]1(O)CCC(O)c2ncccc21. The zero-order chi connectivity index (χ0) is 19.8. The van der Waals surface area contributed by atoms with Crippen LogP contribution in [-0.4, -0.2) is 21.1 Å². The lowest BCUT2D eigenvalue weighted by Gasteiger charge is -2.34. The molecule has 1 unspecified atom stereocenters. The molecule has 1 aliphatic rings. The van der Waals surface area contributed by atoms with Crippen molar-refractivity contribution in [3.63, 3.8) is 0 Å². The number of nitrogens with one attached hydrogen (secondary N) is 1. The number of amides is 1. The molecule has 2 aromatic rings. The quantitative estimate of drug-likeness (QED) is 0.739. The molecular formula is C18H16ClF3N2O3. The molecule has 0 bridgehead atoms. The molecule has 0 aliphatic heterocycles. The number of hydrogen-bond acceptors (Lipinski definition) is 4. The van der Waals surface area contributed by atoms with Gasteiger partial charge >= 0.3 is 6.18 Å². The van der Waals surface area contributed by atoms with Crippen LogP contribution in [0, 0.1) is 0 Å². The summed E-state index contributed by atoms with van der Waals surface area (Å²) in [5.74, 6) is -0.794. The zero-order valence-electron chi connectivity index (χ0n) is 13.9. The smallest absolute Gasteiger partial charge is 0.387 e. The Labute approximate surface area is 157 Å². The first-order valence-electron chi connectivity index (χ1n) is 8.13. The highest BCUT2D eigenvalue weighted by atomic mass is 35.5. The van der Waals surface area contributed by atoms with Gasteiger partial charge in [-0.1, -0.05) is 29.8 Å². The molecule has 0 spiro atoms. The molecule has 9 heteroatoms. The average molecular weight is 401 g/mol. The van der Waals surface area contributed by atoms with E-state index in [0.717, 1.165) is 6.07 Å². The average Bonchev–Trinajstić information content (AvgIpc) is 2.63. The third-order valence-electron chi connectivity index (χ3n) is 4.58. The minimum absolute atomic E-state index is 0.0466. The fourth-order valence-corrected chi connectivity index (χ4v) is 3.44. The van der Waals surface area contributed by atoms with Gasteiger partial charge in [0, 0.05) is 18.3 Å². The van der Waals surface area contributed by atoms with E-state index in [0.29, 0.717) is 0 Å². The van der Waals surface area contributed by atoms with Crippen LogP contribution >= 0.6 is 11.6 Å². The summed E-state index contributed by atoms with van der Waals surface area (Å²) in [5.41, 5.74) is -2.47. The lowest BCUT2D eigenvalue weighted by Crippen LogP contribution is -2.47. The van der Waals surface area contributed by atoms with Gasteiger partial charge in [0.05, 0.1) is 22.4 Å². The van der Waals surface area contributed by atoms with Crippen molar-refractivity contribution in [3.8, 4) is 0 Å². The number of fused-ring (bicyclic) bond motifs is 1. The highest BCUT2D eigenvalue weighted by Gasteiger charge is 2.44. The minimum atomic E-state index is -4.61. The Hall–Kier alpha value is -2.16. The van der Waals surface area contributed by atoms with Crippen LogP contribution in [0.3, 0.4) is 0 Å². The number of hydrogen-bond donors (Lipinski definition) is 3. The molecule has 5 nitrogen and oxygen atoms in total. The molecule has 0 saturated carbocycles. The van der Waals surface area contributed by atoms with E-state index in [2.05, 4.69) is 10.3 Å². The fourth-order valence-electron chi connectivity index (χ4n) is 3.14. The van der Waals surface area contributed by atoms with E-state index in [4.69, 9.17) is 11.6 Å². The van der Waals surface area contributed by atoms with E-state index < -0.39 is 34.4 Å². The first kappa shape index (κ1) is 19.6. The molecule has 2 atom stereocenters. The molecule has 144 valence electrons. The largest absolute Gasteiger partial charge is 0.417 e. The minimum Gasteiger partial charge on any atom is -0.387 e. The van der Waals surface area contributed by atoms with Gasteiger partial charge in [0.15, 0.2) is 5.60 Å². The topological polar surface area (TPSA) is 82.5 Å². The summed E-state index contributed by atoms with van der Waals surface area (Å²) in [4.78, 5) is 16.6. The molecule has 1 heterocycles. The number of aromatic nitrogens is 1. The Morgan fingerprint density at radius 2 is 2.07 bits per heavy atom. The molecule has 1 aliphatic carbocycles. The first-order chi connectivity index (χ1) is 12.6. The summed E-state index contributed by atoms with van der Waals surface area (Å²) < 4.78 is 38.8. The van der Waals surface area contributed by atoms with Gasteiger partial charge in [0.25, 0.3) is 5.91 Å². The van der Waals surface area contributed by atoms with Gasteiger partial charge < -0.3 is 15.5 Å². The van der Waals surface area contributed by atoms with Crippen LogP contribution in [0.25, 0.3) is 0 Å². The van der Waals surface area contributed by atoms with Crippen LogP contribution < -0.4 is 5.32 Å². The third kappa shape index (κ3) is 3.65. The predicted octanol–water partition coefficient (Wildman–Crippen LogP) is 3.09. The molecule has 0 radical (unpaired) electrons. The third-order valence-corrected chi connectivity index (χ3v) is 5.02. The number of carbonyl (C=O) groups is 1. The second-order valence-corrected chi connectivity index (χ2v) is 6.69. The van der Waals surface area contributed by atoms with Crippen LogP contribution in [0.5, 0.6) is 0 Å². The summed E-state index contributed by atoms with van der Waals surface area (Å²) in [5, 5.41) is 22.8. The molecule has 3 rings (SSSR count). The standard InChI is InChI=1S/C18H16ClF3N2O3/c19-14-10(3-1-4-11(14)18(20,21)22)9-24-16(26)17(27)7-6-13(25)15-12(17)5-2-8-23-15/h1-5,8,13,25,27H,6-7,9H2,(H,24,26)/t13?,17-/m1/s1. The lowest BCUT2D eigenvalue weighted by atomic mass is 9.79. The maximum Gasteiger partial charge on any atom is 0.417 e. The summed E-state index contributed by atoms with van der Waals surface area (Å²) in [6, 6.07) is 6.43. The fraction of sp³-hybridized carbons (Fsp3) is 0.333. The van der Waals surface area contributed by atoms with Crippen molar-refractivity contribution in [2.45, 2.75) is 37.3 Å². The molecule has 27 heavy (non-hydrogen) atoms. The Morgan fingerprint density at radius 1 is 1.33 bits per heavy atom. The maximum absolute atomic E-state index is 12.9. The van der Waals surface area contributed by atoms with Gasteiger partial charge in [-0.05, 0) is 30.5 Å². The highest BCUT2D eigenvalue weighted by Crippen LogP contribution is 2.40. The molecule has 1 amide bonds. The van der Waals surface area contributed by atoms with Crippen LogP contribution in [0.2, 0.25) is 5.02 Å². The second kappa shape index (κ2) is 7.10. The van der Waals surface area contributed by atoms with E-state index in [1.165, 1.54) is 30.5 Å². The summed E-state index contributed by atoms with van der Waals surface area (Å²) in [6.45, 7) is -0.290. The van der Waals surface area contributed by atoms with Crippen LogP contribution in [0.1, 0.15) is 41.3 Å². The second-order valence-electron chi connectivity index (χ2n) is 6.31. The van der Waals surface area contributed by atoms with Crippen LogP contribution in [0.15, 0.2) is 36.5 Å². The number of halogens is 4. The maximum atomic E-state index is 12.9. The molecular weight excluding hydrogens is 385 g/mol. The van der Waals surface area contributed by atoms with E-state index >= 15 is 0 Å². The van der Waals surface area contributed by atoms with Gasteiger partial charge in [0.2, 0.25) is 0 Å². The van der Waals surface area contributed by atoms with E-state index in [1.54, 1.807) is 0 Å². The Morgan fingerprint density at radius 3 is 2.78 bits per heavy atom. The molecule has 1 aromatic carbocycles. The number of alkyl halides is 3. The van der Waals surface area contributed by atoms with Crippen molar-refractivity contribution in [2.75, 3.05) is 0 Å². The van der Waals surface area contributed by atoms with Crippen molar-refractivity contribution in [3.05, 3.63) is 63.9 Å². The van der Waals surface area contributed by atoms with E-state index in [9.17, 15) is 28.2 Å². The van der Waals surface area contributed by atoms with Gasteiger partial charge in [-0.15, -0.1) is 0 Å². The van der Waals surface area contributed by atoms with Crippen LogP contribution in [-0.2, 0) is 23.1 Å². The van der Waals surface area contributed by atoms with Gasteiger partial charge in [-0.3, -0.25) is 9.78 Å². The van der Waals surface area contributed by atoms with Crippen LogP contribution in [0.4, 0.5) is 13.2 Å². The van der Waals surface area contributed by atoms with Crippen molar-refractivity contribution in [2.24, 2.45) is 0 Å². The van der Waals surface area contributed by atoms with E-state index in [1.807, 2.05) is 0 Å². The number of aliphatic hydroxyl groups is 2. The number of aliphatic hydroxyl groups excluding tert-OH is 1. The van der Waals surface area contributed by atoms with Crippen molar-refractivity contribution >= 4 is 17.5 Å². The number of carbonyl (C=O) groups excluding carboxylic acids is 1. The van der Waals surface area contributed by atoms with Gasteiger partial charge in [-0.25, -0.2) is 0 Å². The number of nitrogens with zero attached hydrogens (tertiary/aromatic N) is 1. The number of benzene rings is 1. The zero-order valence-corrected chi connectivity index (χ0v) is 14.7. The first-order valence-corrected chi connectivity index (χ1v) is 8.51. The summed E-state index contributed by atoms with van der Waals surface area (Å²) in [7, 11) is 0. The summed E-state index contributed by atoms with van der Waals surface area (Å²) >= 11 is 5.82. The number of rotatable bonds is 3. The normalized spacial score (nSPS) is 22.2. The molecule has 0 fully saturated rings. The van der Waals surface area contributed by atoms with Gasteiger partial charge in [0.1, 0.15) is 0 Å². The highest BCUT2D eigenvalue weighted by molar-refractivity contribution is 6.32. The predicted molar refractivity (Wildman–Crippen MR) is 90.6 cm³/mol. The molecule has 3 N–H and O–H groups in total. The Kier molecular flexibility index (Phi) is 5.16. The monoisotopic (exact) mass is 400 g/mol. The van der Waals surface area contributed by atoms with Crippen molar-refractivity contribution in [1.82, 2.24) is 10.3 Å². The van der Waals surface area contributed by atoms with Crippen molar-refractivity contribution < 1.29 is 28.2 Å². The van der Waals surface area contributed by atoms with E-state index in [-0.39, 0.29) is 36.2 Å². The Bertz CT molecular complexity index is 875. The lowest BCUT2D eigenvalue weighted by molar-refractivity contribution is -0.144. The van der Waals surface area contributed by atoms with Crippen molar-refractivity contribution in [1.29, 1.82) is 0 Å². The van der Waals surface area contributed by atoms with Gasteiger partial charge in [-0.2, -0.15) is 13.2 Å². The molecule has 1 aromatic heterocycles. The Balaban J connectivity index is 1.82. The summed E-state index contributed by atoms with van der Waals surface area (Å²) in [6.07, 6.45) is -3.99. The number of pyridine rings is 1.